The maximum Gasteiger partial charge on any atom is 0.321 e. The number of benzene rings is 1. The quantitative estimate of drug-likeness (QED) is 0.736. The standard InChI is InChI=1S/C12H10N2O2/c1-9(15)10-4-2-5-11(8-10)16-12-13-6-3-7-14-12/h2-8H,1H3. The Labute approximate surface area is 92.9 Å². The molecule has 0 fully saturated rings. The fraction of sp³-hybridized carbons (Fsp3) is 0.0833. The minimum Gasteiger partial charge on any atom is -0.424 e. The molecule has 0 N–H and O–H groups in total. The molecule has 0 saturated carbocycles. The summed E-state index contributed by atoms with van der Waals surface area (Å²) < 4.78 is 5.39. The molecule has 0 bridgehead atoms. The fourth-order valence-corrected chi connectivity index (χ4v) is 1.22. The fourth-order valence-electron chi connectivity index (χ4n) is 1.22. The van der Waals surface area contributed by atoms with Crippen LogP contribution in [0.2, 0.25) is 0 Å². The highest BCUT2D eigenvalue weighted by molar-refractivity contribution is 5.94. The van der Waals surface area contributed by atoms with Crippen molar-refractivity contribution in [2.45, 2.75) is 6.92 Å². The minimum atomic E-state index is -0.000528. The molecule has 0 radical (unpaired) electrons. The van der Waals surface area contributed by atoms with Crippen LogP contribution >= 0.6 is 0 Å². The molecule has 0 spiro atoms. The summed E-state index contributed by atoms with van der Waals surface area (Å²) in [6.07, 6.45) is 3.19. The van der Waals surface area contributed by atoms with Crippen molar-refractivity contribution in [2.75, 3.05) is 0 Å². The van der Waals surface area contributed by atoms with Gasteiger partial charge >= 0.3 is 6.01 Å². The van der Waals surface area contributed by atoms with E-state index < -0.39 is 0 Å². The highest BCUT2D eigenvalue weighted by Gasteiger charge is 2.03. The lowest BCUT2D eigenvalue weighted by Gasteiger charge is -2.03. The lowest BCUT2D eigenvalue weighted by molar-refractivity contribution is 0.101. The predicted molar refractivity (Wildman–Crippen MR) is 58.6 cm³/mol. The van der Waals surface area contributed by atoms with Gasteiger partial charge in [-0.1, -0.05) is 12.1 Å². The van der Waals surface area contributed by atoms with Crippen LogP contribution in [0, 0.1) is 0 Å². The Morgan fingerprint density at radius 1 is 1.19 bits per heavy atom. The zero-order valence-corrected chi connectivity index (χ0v) is 8.75. The Hall–Kier alpha value is -2.23. The van der Waals surface area contributed by atoms with E-state index in [1.807, 2.05) is 0 Å². The lowest BCUT2D eigenvalue weighted by atomic mass is 10.1. The molecule has 0 atom stereocenters. The Morgan fingerprint density at radius 3 is 2.62 bits per heavy atom. The van der Waals surface area contributed by atoms with E-state index in [4.69, 9.17) is 4.74 Å². The van der Waals surface area contributed by atoms with Crippen molar-refractivity contribution < 1.29 is 9.53 Å². The smallest absolute Gasteiger partial charge is 0.321 e. The third-order valence-electron chi connectivity index (χ3n) is 1.99. The average molecular weight is 214 g/mol. The summed E-state index contributed by atoms with van der Waals surface area (Å²) in [5, 5.41) is 0. The number of nitrogens with zero attached hydrogens (tertiary/aromatic N) is 2. The molecule has 16 heavy (non-hydrogen) atoms. The number of carbonyl (C=O) groups is 1. The summed E-state index contributed by atoms with van der Waals surface area (Å²) >= 11 is 0. The van der Waals surface area contributed by atoms with Crippen LogP contribution in [-0.4, -0.2) is 15.8 Å². The first-order valence-corrected chi connectivity index (χ1v) is 4.81. The normalized spacial score (nSPS) is 9.81. The monoisotopic (exact) mass is 214 g/mol. The molecule has 0 amide bonds. The van der Waals surface area contributed by atoms with Crippen molar-refractivity contribution in [1.29, 1.82) is 0 Å². The van der Waals surface area contributed by atoms with E-state index >= 15 is 0 Å². The second kappa shape index (κ2) is 4.53. The first kappa shape index (κ1) is 10.3. The van der Waals surface area contributed by atoms with Crippen molar-refractivity contribution in [3.63, 3.8) is 0 Å². The molecule has 80 valence electrons. The molecular formula is C12H10N2O2. The summed E-state index contributed by atoms with van der Waals surface area (Å²) in [4.78, 5) is 19.0. The van der Waals surface area contributed by atoms with Gasteiger partial charge in [0.05, 0.1) is 0 Å². The van der Waals surface area contributed by atoms with E-state index in [0.717, 1.165) is 0 Å². The van der Waals surface area contributed by atoms with E-state index in [1.165, 1.54) is 6.92 Å². The molecule has 1 heterocycles. The number of rotatable bonds is 3. The van der Waals surface area contributed by atoms with E-state index in [2.05, 4.69) is 9.97 Å². The van der Waals surface area contributed by atoms with Gasteiger partial charge in [-0.3, -0.25) is 4.79 Å². The zero-order valence-electron chi connectivity index (χ0n) is 8.75. The third kappa shape index (κ3) is 2.42. The van der Waals surface area contributed by atoms with Crippen LogP contribution in [0.4, 0.5) is 0 Å². The maximum atomic E-state index is 11.2. The Balaban J connectivity index is 2.22. The second-order valence-corrected chi connectivity index (χ2v) is 3.22. The zero-order chi connectivity index (χ0) is 11.4. The van der Waals surface area contributed by atoms with Gasteiger partial charge in [-0.2, -0.15) is 0 Å². The Bertz CT molecular complexity index is 497. The maximum absolute atomic E-state index is 11.2. The lowest BCUT2D eigenvalue weighted by Crippen LogP contribution is -1.94. The van der Waals surface area contributed by atoms with Gasteiger partial charge in [0, 0.05) is 18.0 Å². The van der Waals surface area contributed by atoms with Gasteiger partial charge in [0.15, 0.2) is 5.78 Å². The van der Waals surface area contributed by atoms with Gasteiger partial charge in [-0.25, -0.2) is 9.97 Å². The molecule has 4 heteroatoms. The van der Waals surface area contributed by atoms with Crippen LogP contribution < -0.4 is 4.74 Å². The van der Waals surface area contributed by atoms with Gasteiger partial charge < -0.3 is 4.74 Å². The van der Waals surface area contributed by atoms with Gasteiger partial charge in [-0.15, -0.1) is 0 Å². The molecule has 4 nitrogen and oxygen atoms in total. The van der Waals surface area contributed by atoms with Gasteiger partial charge in [0.2, 0.25) is 0 Å². The van der Waals surface area contributed by atoms with Gasteiger partial charge in [-0.05, 0) is 25.1 Å². The number of carbonyl (C=O) groups excluding carboxylic acids is 1. The molecule has 0 saturated heterocycles. The number of ketones is 1. The highest BCUT2D eigenvalue weighted by atomic mass is 16.5. The van der Waals surface area contributed by atoms with E-state index in [0.29, 0.717) is 11.3 Å². The van der Waals surface area contributed by atoms with Crippen molar-refractivity contribution in [3.8, 4) is 11.8 Å². The van der Waals surface area contributed by atoms with Crippen molar-refractivity contribution in [2.24, 2.45) is 0 Å². The third-order valence-corrected chi connectivity index (χ3v) is 1.99. The molecule has 2 rings (SSSR count). The first-order valence-electron chi connectivity index (χ1n) is 4.81. The molecule has 0 unspecified atom stereocenters. The molecule has 0 aliphatic heterocycles. The van der Waals surface area contributed by atoms with Crippen LogP contribution in [0.5, 0.6) is 11.8 Å². The highest BCUT2D eigenvalue weighted by Crippen LogP contribution is 2.18. The SMILES string of the molecule is CC(=O)c1cccc(Oc2ncccn2)c1. The van der Waals surface area contributed by atoms with Gasteiger partial charge in [0.25, 0.3) is 0 Å². The van der Waals surface area contributed by atoms with Crippen LogP contribution in [0.3, 0.4) is 0 Å². The van der Waals surface area contributed by atoms with E-state index in [1.54, 1.807) is 42.7 Å². The molecule has 0 aliphatic carbocycles. The van der Waals surface area contributed by atoms with Crippen LogP contribution in [0.1, 0.15) is 17.3 Å². The van der Waals surface area contributed by atoms with Crippen LogP contribution in [0.25, 0.3) is 0 Å². The van der Waals surface area contributed by atoms with Crippen molar-refractivity contribution in [3.05, 3.63) is 48.3 Å². The summed E-state index contributed by atoms with van der Waals surface area (Å²) in [5.41, 5.74) is 0.605. The molecular weight excluding hydrogens is 204 g/mol. The summed E-state index contributed by atoms with van der Waals surface area (Å²) in [6, 6.07) is 8.89. The largest absolute Gasteiger partial charge is 0.424 e. The number of aromatic nitrogens is 2. The van der Waals surface area contributed by atoms with Crippen molar-refractivity contribution >= 4 is 5.78 Å². The summed E-state index contributed by atoms with van der Waals surface area (Å²) in [7, 11) is 0. The van der Waals surface area contributed by atoms with Gasteiger partial charge in [0.1, 0.15) is 5.75 Å². The van der Waals surface area contributed by atoms with Crippen LogP contribution in [0.15, 0.2) is 42.7 Å². The topological polar surface area (TPSA) is 52.1 Å². The Kier molecular flexibility index (Phi) is 2.91. The van der Waals surface area contributed by atoms with E-state index in [9.17, 15) is 4.79 Å². The molecule has 2 aromatic rings. The van der Waals surface area contributed by atoms with Crippen molar-refractivity contribution in [1.82, 2.24) is 9.97 Å². The molecule has 1 aromatic heterocycles. The number of ether oxygens (including phenoxy) is 1. The molecule has 1 aromatic carbocycles. The molecule has 0 aliphatic rings. The van der Waals surface area contributed by atoms with E-state index in [-0.39, 0.29) is 11.8 Å². The Morgan fingerprint density at radius 2 is 1.94 bits per heavy atom. The summed E-state index contributed by atoms with van der Waals surface area (Å²) in [5.74, 6) is 0.554. The number of hydrogen-bond acceptors (Lipinski definition) is 4. The van der Waals surface area contributed by atoms with Crippen LogP contribution in [-0.2, 0) is 0 Å². The minimum absolute atomic E-state index is 0.000528. The second-order valence-electron chi connectivity index (χ2n) is 3.22. The predicted octanol–water partition coefficient (Wildman–Crippen LogP) is 2.47. The number of hydrogen-bond donors (Lipinski definition) is 0. The first-order chi connectivity index (χ1) is 7.75. The number of Topliss-reactive ketones (excluding diaryl/α,β-unsaturated/α-hetero) is 1. The summed E-state index contributed by atoms with van der Waals surface area (Å²) in [6.45, 7) is 1.51. The average Bonchev–Trinajstić information content (AvgIpc) is 2.30.